The van der Waals surface area contributed by atoms with Gasteiger partial charge in [0.25, 0.3) is 0 Å². The van der Waals surface area contributed by atoms with Crippen molar-refractivity contribution in [2.75, 3.05) is 0 Å². The maximum absolute atomic E-state index is 5.11. The molecule has 0 fully saturated rings. The fourth-order valence-electron chi connectivity index (χ4n) is 0.568. The number of nitrogens with zero attached hydrogens (tertiary/aromatic N) is 2. The first-order valence-electron chi connectivity index (χ1n) is 2.68. The van der Waals surface area contributed by atoms with Crippen LogP contribution in [-0.4, -0.2) is 6.72 Å². The molecule has 0 saturated heterocycles. The summed E-state index contributed by atoms with van der Waals surface area (Å²) in [5, 5.41) is 3.34. The number of hydrogen-bond donors (Lipinski definition) is 0. The van der Waals surface area contributed by atoms with Crippen molar-refractivity contribution in [3.8, 4) is 12.3 Å². The molecule has 51 valence electrons. The second-order valence-corrected chi connectivity index (χ2v) is 1.65. The number of terminal acetylenes is 1. The molecule has 1 radical (unpaired) electrons. The summed E-state index contributed by atoms with van der Waals surface area (Å²) in [4.78, 5) is 0. The average Bonchev–Trinajstić information content (AvgIpc) is 2.05. The molecule has 0 aliphatic heterocycles. The summed E-state index contributed by atoms with van der Waals surface area (Å²) in [5.41, 5.74) is 0.730. The molecule has 0 aromatic carbocycles. The van der Waals surface area contributed by atoms with Gasteiger partial charge in [0.05, 0.1) is 0 Å². The van der Waals surface area contributed by atoms with Crippen LogP contribution in [0.2, 0.25) is 0 Å². The van der Waals surface area contributed by atoms with Crippen molar-refractivity contribution in [1.29, 1.82) is 0 Å². The van der Waals surface area contributed by atoms with Crippen LogP contribution in [0.1, 0.15) is 5.56 Å². The van der Waals surface area contributed by atoms with Crippen LogP contribution in [0.4, 0.5) is 0 Å². The molecule has 1 rings (SSSR count). The summed E-state index contributed by atoms with van der Waals surface area (Å²) in [6, 6.07) is 3.41. The van der Waals surface area contributed by atoms with Gasteiger partial charge in [-0.3, -0.25) is 0 Å². The molecule has 1 aromatic heterocycles. The Balaban J connectivity index is 0.000001000. The van der Waals surface area contributed by atoms with Crippen LogP contribution in [0.15, 0.2) is 23.4 Å². The monoisotopic (exact) mass is 218 g/mol. The van der Waals surface area contributed by atoms with Gasteiger partial charge in [-0.2, -0.15) is 4.68 Å². The molecule has 0 atom stereocenters. The molecule has 0 amide bonds. The third-order valence-electron chi connectivity index (χ3n) is 1.02. The normalized spacial score (nSPS) is 7.55. The Hall–Kier alpha value is -0.516. The number of hydrogen-bond acceptors (Lipinski definition) is 1. The quantitative estimate of drug-likeness (QED) is 0.275. The maximum Gasteiger partial charge on any atom is 0.144 e. The van der Waals surface area contributed by atoms with Gasteiger partial charge in [0.1, 0.15) is 12.4 Å². The largest absolute Gasteiger partial charge is 0.339 e. The van der Waals surface area contributed by atoms with E-state index in [2.05, 4.69) is 17.2 Å². The zero-order valence-electron chi connectivity index (χ0n) is 5.86. The molecule has 0 bridgehead atoms. The van der Waals surface area contributed by atoms with Gasteiger partial charge in [-0.05, 0) is 5.56 Å². The molecule has 11 heavy (non-hydrogen) atoms. The molecule has 2 nitrogen and oxygen atoms in total. The van der Waals surface area contributed by atoms with E-state index in [0.29, 0.717) is 0 Å². The Morgan fingerprint density at radius 1 is 1.73 bits per heavy atom. The standard InChI is InChI=1S/C8H5N2.Y/c1-3-8-5-4-6-10(7-8)9-2;/h1-2,4-5,7H;/q-1;. The number of pyridine rings is 1. The fourth-order valence-corrected chi connectivity index (χ4v) is 0.568. The van der Waals surface area contributed by atoms with E-state index in [1.807, 2.05) is 0 Å². The predicted molar refractivity (Wildman–Crippen MR) is 37.3 cm³/mol. The van der Waals surface area contributed by atoms with Crippen molar-refractivity contribution < 1.29 is 37.4 Å². The third kappa shape index (κ3) is 2.92. The zero-order valence-corrected chi connectivity index (χ0v) is 8.70. The van der Waals surface area contributed by atoms with Gasteiger partial charge in [-0.15, -0.1) is 18.6 Å². The van der Waals surface area contributed by atoms with Crippen LogP contribution >= 0.6 is 0 Å². The fraction of sp³-hybridized carbons (Fsp3) is 0. The first-order chi connectivity index (χ1) is 4.86. The molecule has 0 aliphatic rings. The van der Waals surface area contributed by atoms with Crippen molar-refractivity contribution in [1.82, 2.24) is 0 Å². The van der Waals surface area contributed by atoms with E-state index in [9.17, 15) is 0 Å². The van der Waals surface area contributed by atoms with Crippen LogP contribution in [0.5, 0.6) is 0 Å². The first-order valence-corrected chi connectivity index (χ1v) is 2.68. The summed E-state index contributed by atoms with van der Waals surface area (Å²) in [7, 11) is 0. The SMILES string of the molecule is C#Cc1cc[c-][n+](N=[CH-])c1.[Y]. The summed E-state index contributed by atoms with van der Waals surface area (Å²) in [5.74, 6) is 2.45. The summed E-state index contributed by atoms with van der Waals surface area (Å²) in [6.07, 6.45) is 9.45. The molecule has 0 unspecified atom stereocenters. The van der Waals surface area contributed by atoms with E-state index in [1.54, 1.807) is 18.3 Å². The van der Waals surface area contributed by atoms with Gasteiger partial charge in [0.15, 0.2) is 0 Å². The average molecular weight is 218 g/mol. The van der Waals surface area contributed by atoms with Crippen LogP contribution < -0.4 is 4.68 Å². The molecule has 1 heterocycles. The minimum absolute atomic E-state index is 0. The second-order valence-electron chi connectivity index (χ2n) is 1.65. The zero-order chi connectivity index (χ0) is 7.40. The van der Waals surface area contributed by atoms with Gasteiger partial charge in [-0.25, -0.2) is 5.10 Å². The van der Waals surface area contributed by atoms with E-state index in [4.69, 9.17) is 13.1 Å². The smallest absolute Gasteiger partial charge is 0.144 e. The van der Waals surface area contributed by atoms with E-state index in [-0.39, 0.29) is 32.7 Å². The van der Waals surface area contributed by atoms with Gasteiger partial charge in [-0.1, -0.05) is 5.92 Å². The summed E-state index contributed by atoms with van der Waals surface area (Å²) >= 11 is 0. The molecular formula is C8H5N2Y-. The second kappa shape index (κ2) is 5.18. The molecule has 3 heteroatoms. The Kier molecular flexibility index (Phi) is 4.93. The van der Waals surface area contributed by atoms with Gasteiger partial charge in [0, 0.05) is 32.7 Å². The van der Waals surface area contributed by atoms with Gasteiger partial charge < -0.3 is 6.72 Å². The molecule has 0 aliphatic carbocycles. The number of rotatable bonds is 1. The van der Waals surface area contributed by atoms with Crippen molar-refractivity contribution >= 4 is 6.72 Å². The predicted octanol–water partition coefficient (Wildman–Crippen LogP) is 0.0938. The molecule has 0 spiro atoms. The third-order valence-corrected chi connectivity index (χ3v) is 1.02. The van der Waals surface area contributed by atoms with Gasteiger partial charge >= 0.3 is 0 Å². The topological polar surface area (TPSA) is 16.2 Å². The minimum atomic E-state index is 0. The first kappa shape index (κ1) is 10.5. The van der Waals surface area contributed by atoms with Crippen LogP contribution in [0.25, 0.3) is 0 Å². The Morgan fingerprint density at radius 3 is 3.00 bits per heavy atom. The Labute approximate surface area is 91.2 Å². The van der Waals surface area contributed by atoms with Crippen LogP contribution in [0, 0.1) is 18.5 Å². The molecule has 0 saturated carbocycles. The van der Waals surface area contributed by atoms with Crippen molar-refractivity contribution in [2.45, 2.75) is 0 Å². The van der Waals surface area contributed by atoms with Crippen molar-refractivity contribution in [3.63, 3.8) is 0 Å². The molecule has 0 N–H and O–H groups in total. The minimum Gasteiger partial charge on any atom is -0.339 e. The van der Waals surface area contributed by atoms with E-state index < -0.39 is 0 Å². The molecular weight excluding hydrogens is 213 g/mol. The van der Waals surface area contributed by atoms with Crippen LogP contribution in [-0.2, 0) is 32.7 Å². The van der Waals surface area contributed by atoms with E-state index in [0.717, 1.165) is 5.56 Å². The van der Waals surface area contributed by atoms with E-state index in [1.165, 1.54) is 4.68 Å². The maximum atomic E-state index is 5.11. The number of aromatic nitrogens is 1. The van der Waals surface area contributed by atoms with Crippen molar-refractivity contribution in [2.24, 2.45) is 5.10 Å². The van der Waals surface area contributed by atoms with Gasteiger partial charge in [0.2, 0.25) is 0 Å². The van der Waals surface area contributed by atoms with Crippen LogP contribution in [0.3, 0.4) is 0 Å². The van der Waals surface area contributed by atoms with Crippen molar-refractivity contribution in [3.05, 3.63) is 30.1 Å². The van der Waals surface area contributed by atoms with E-state index >= 15 is 0 Å². The Bertz CT molecular complexity index is 288. The molecule has 1 aromatic rings. The summed E-state index contributed by atoms with van der Waals surface area (Å²) in [6.45, 7) is 4.96. The Morgan fingerprint density at radius 2 is 2.45 bits per heavy atom. The summed E-state index contributed by atoms with van der Waals surface area (Å²) < 4.78 is 1.33.